The van der Waals surface area contributed by atoms with Gasteiger partial charge in [0.05, 0.1) is 23.5 Å². The van der Waals surface area contributed by atoms with E-state index in [2.05, 4.69) is 30.2 Å². The Morgan fingerprint density at radius 3 is 2.96 bits per heavy atom. The van der Waals surface area contributed by atoms with Crippen LogP contribution < -0.4 is 5.32 Å². The highest BCUT2D eigenvalue weighted by atomic mass is 16.1. The third kappa shape index (κ3) is 2.77. The molecule has 8 nitrogen and oxygen atoms in total. The van der Waals surface area contributed by atoms with Crippen LogP contribution in [0.1, 0.15) is 66.6 Å². The summed E-state index contributed by atoms with van der Waals surface area (Å²) in [6.07, 6.45) is 9.79. The quantitative estimate of drug-likeness (QED) is 0.787. The van der Waals surface area contributed by atoms with E-state index in [9.17, 15) is 4.79 Å². The Hall–Kier alpha value is -2.77. The SMILES string of the molecule is Cc1c(C(=O)N[C@@H](C)c2nncn2C2CCCC2)cnc2ccnn12. The number of aryl methyl sites for hydroxylation is 1. The standard InChI is InChI=1S/C17H21N7O/c1-11(16-22-19-10-23(16)13-5-3-4-6-13)21-17(25)14-9-18-15-7-8-20-24(15)12(14)2/h7-11,13H,3-6H2,1-2H3,(H,21,25)/t11-/m0/s1. The molecule has 3 aromatic rings. The van der Waals surface area contributed by atoms with Crippen molar-refractivity contribution in [2.24, 2.45) is 0 Å². The van der Waals surface area contributed by atoms with Crippen LogP contribution in [0.5, 0.6) is 0 Å². The molecule has 0 bridgehead atoms. The van der Waals surface area contributed by atoms with Crippen molar-refractivity contribution in [3.05, 3.63) is 41.9 Å². The summed E-state index contributed by atoms with van der Waals surface area (Å²) in [6.45, 7) is 3.80. The predicted octanol–water partition coefficient (Wildman–Crippen LogP) is 2.24. The van der Waals surface area contributed by atoms with Crippen molar-refractivity contribution in [3.8, 4) is 0 Å². The maximum absolute atomic E-state index is 12.7. The average molecular weight is 339 g/mol. The van der Waals surface area contributed by atoms with Gasteiger partial charge in [-0.2, -0.15) is 5.10 Å². The van der Waals surface area contributed by atoms with Crippen LogP contribution in [0.4, 0.5) is 0 Å². The summed E-state index contributed by atoms with van der Waals surface area (Å²) < 4.78 is 3.78. The Morgan fingerprint density at radius 2 is 2.16 bits per heavy atom. The molecule has 1 N–H and O–H groups in total. The number of carbonyl (C=O) groups is 1. The number of nitrogens with one attached hydrogen (secondary N) is 1. The first kappa shape index (κ1) is 15.7. The molecule has 0 spiro atoms. The van der Waals surface area contributed by atoms with Gasteiger partial charge in [-0.3, -0.25) is 4.79 Å². The lowest BCUT2D eigenvalue weighted by Gasteiger charge is -2.19. The zero-order chi connectivity index (χ0) is 17.4. The molecule has 0 saturated heterocycles. The van der Waals surface area contributed by atoms with E-state index in [1.165, 1.54) is 12.8 Å². The Balaban J connectivity index is 1.56. The van der Waals surface area contributed by atoms with Crippen LogP contribution in [0.15, 0.2) is 24.8 Å². The second-order valence-electron chi connectivity index (χ2n) is 6.59. The van der Waals surface area contributed by atoms with Crippen molar-refractivity contribution in [1.29, 1.82) is 0 Å². The fourth-order valence-electron chi connectivity index (χ4n) is 3.58. The zero-order valence-corrected chi connectivity index (χ0v) is 14.4. The normalized spacial score (nSPS) is 16.4. The number of hydrogen-bond acceptors (Lipinski definition) is 5. The topological polar surface area (TPSA) is 90.0 Å². The van der Waals surface area contributed by atoms with Crippen LogP contribution in [0.25, 0.3) is 5.65 Å². The second kappa shape index (κ2) is 6.27. The number of rotatable bonds is 4. The van der Waals surface area contributed by atoms with Crippen molar-refractivity contribution in [1.82, 2.24) is 34.7 Å². The lowest BCUT2D eigenvalue weighted by Crippen LogP contribution is -2.30. The maximum atomic E-state index is 12.7. The van der Waals surface area contributed by atoms with Gasteiger partial charge in [0, 0.05) is 18.3 Å². The molecule has 25 heavy (non-hydrogen) atoms. The fourth-order valence-corrected chi connectivity index (χ4v) is 3.58. The molecule has 0 aromatic carbocycles. The third-order valence-corrected chi connectivity index (χ3v) is 4.95. The highest BCUT2D eigenvalue weighted by Crippen LogP contribution is 2.31. The van der Waals surface area contributed by atoms with E-state index in [1.54, 1.807) is 29.3 Å². The molecule has 0 unspecified atom stereocenters. The average Bonchev–Trinajstić information content (AvgIpc) is 3.34. The summed E-state index contributed by atoms with van der Waals surface area (Å²) in [5, 5.41) is 15.5. The molecule has 1 aliphatic rings. The Bertz CT molecular complexity index is 907. The van der Waals surface area contributed by atoms with Crippen molar-refractivity contribution >= 4 is 11.6 Å². The third-order valence-electron chi connectivity index (χ3n) is 4.95. The lowest BCUT2D eigenvalue weighted by atomic mass is 10.2. The summed E-state index contributed by atoms with van der Waals surface area (Å²) in [6, 6.07) is 2.01. The Kier molecular flexibility index (Phi) is 3.95. The highest BCUT2D eigenvalue weighted by molar-refractivity contribution is 5.95. The number of amides is 1. The van der Waals surface area contributed by atoms with Gasteiger partial charge >= 0.3 is 0 Å². The molecular weight excluding hydrogens is 318 g/mol. The molecule has 0 aliphatic heterocycles. The predicted molar refractivity (Wildman–Crippen MR) is 91.1 cm³/mol. The van der Waals surface area contributed by atoms with Gasteiger partial charge in [0.1, 0.15) is 6.33 Å². The van der Waals surface area contributed by atoms with Crippen molar-refractivity contribution in [3.63, 3.8) is 0 Å². The van der Waals surface area contributed by atoms with Gasteiger partial charge in [0.2, 0.25) is 0 Å². The minimum Gasteiger partial charge on any atom is -0.342 e. The van der Waals surface area contributed by atoms with Crippen molar-refractivity contribution in [2.75, 3.05) is 0 Å². The monoisotopic (exact) mass is 339 g/mol. The van der Waals surface area contributed by atoms with E-state index in [0.29, 0.717) is 11.6 Å². The van der Waals surface area contributed by atoms with Gasteiger partial charge in [-0.1, -0.05) is 12.8 Å². The van der Waals surface area contributed by atoms with Crippen LogP contribution in [-0.4, -0.2) is 35.3 Å². The first-order valence-electron chi connectivity index (χ1n) is 8.65. The summed E-state index contributed by atoms with van der Waals surface area (Å²) in [7, 11) is 0. The molecular formula is C17H21N7O. The first-order valence-corrected chi connectivity index (χ1v) is 8.65. The first-order chi connectivity index (χ1) is 12.1. The van der Waals surface area contributed by atoms with E-state index in [4.69, 9.17) is 0 Å². The van der Waals surface area contributed by atoms with Gasteiger partial charge < -0.3 is 9.88 Å². The van der Waals surface area contributed by atoms with Gasteiger partial charge in [-0.05, 0) is 26.7 Å². The van der Waals surface area contributed by atoms with E-state index in [1.807, 2.05) is 13.8 Å². The Labute approximate surface area is 145 Å². The largest absolute Gasteiger partial charge is 0.342 e. The van der Waals surface area contributed by atoms with Crippen LogP contribution >= 0.6 is 0 Å². The van der Waals surface area contributed by atoms with Crippen LogP contribution in [0.2, 0.25) is 0 Å². The van der Waals surface area contributed by atoms with Crippen LogP contribution in [0, 0.1) is 6.92 Å². The lowest BCUT2D eigenvalue weighted by molar-refractivity contribution is 0.0935. The molecule has 4 rings (SSSR count). The molecule has 3 heterocycles. The van der Waals surface area contributed by atoms with Crippen LogP contribution in [0.3, 0.4) is 0 Å². The number of nitrogens with zero attached hydrogens (tertiary/aromatic N) is 6. The molecule has 3 aromatic heterocycles. The number of aromatic nitrogens is 6. The number of hydrogen-bond donors (Lipinski definition) is 1. The summed E-state index contributed by atoms with van der Waals surface area (Å²) >= 11 is 0. The van der Waals surface area contributed by atoms with Crippen molar-refractivity contribution < 1.29 is 4.79 Å². The van der Waals surface area contributed by atoms with Crippen LogP contribution in [-0.2, 0) is 0 Å². The molecule has 1 atom stereocenters. The van der Waals surface area contributed by atoms with Gasteiger partial charge in [-0.25, -0.2) is 9.50 Å². The number of carbonyl (C=O) groups excluding carboxylic acids is 1. The molecule has 1 amide bonds. The zero-order valence-electron chi connectivity index (χ0n) is 14.4. The fraction of sp³-hybridized carbons (Fsp3) is 0.471. The molecule has 1 saturated carbocycles. The number of fused-ring (bicyclic) bond motifs is 1. The van der Waals surface area contributed by atoms with Gasteiger partial charge in [0.25, 0.3) is 5.91 Å². The minimum atomic E-state index is -0.233. The highest BCUT2D eigenvalue weighted by Gasteiger charge is 2.24. The van der Waals surface area contributed by atoms with E-state index < -0.39 is 0 Å². The van der Waals surface area contributed by atoms with Gasteiger partial charge in [-0.15, -0.1) is 10.2 Å². The molecule has 0 radical (unpaired) electrons. The Morgan fingerprint density at radius 1 is 1.36 bits per heavy atom. The van der Waals surface area contributed by atoms with Gasteiger partial charge in [0.15, 0.2) is 11.5 Å². The van der Waals surface area contributed by atoms with E-state index in [-0.39, 0.29) is 11.9 Å². The second-order valence-corrected chi connectivity index (χ2v) is 6.59. The summed E-state index contributed by atoms with van der Waals surface area (Å²) in [4.78, 5) is 17.0. The molecule has 8 heteroatoms. The van der Waals surface area contributed by atoms with E-state index >= 15 is 0 Å². The molecule has 1 aliphatic carbocycles. The van der Waals surface area contributed by atoms with Crippen molar-refractivity contribution in [2.45, 2.75) is 51.6 Å². The minimum absolute atomic E-state index is 0.184. The molecule has 130 valence electrons. The summed E-state index contributed by atoms with van der Waals surface area (Å²) in [5.41, 5.74) is 2.00. The summed E-state index contributed by atoms with van der Waals surface area (Å²) in [5.74, 6) is 0.613. The van der Waals surface area contributed by atoms with E-state index in [0.717, 1.165) is 30.0 Å². The molecule has 1 fully saturated rings. The maximum Gasteiger partial charge on any atom is 0.255 e. The smallest absolute Gasteiger partial charge is 0.255 e.